The molecular formula is C12H21N3. The van der Waals surface area contributed by atoms with Crippen molar-refractivity contribution < 1.29 is 0 Å². The number of nitrogens with zero attached hydrogens (tertiary/aromatic N) is 2. The lowest BCUT2D eigenvalue weighted by molar-refractivity contribution is 0.195. The summed E-state index contributed by atoms with van der Waals surface area (Å²) in [6, 6.07) is 2.78. The Morgan fingerprint density at radius 2 is 2.20 bits per heavy atom. The zero-order valence-corrected chi connectivity index (χ0v) is 9.79. The van der Waals surface area contributed by atoms with E-state index in [-0.39, 0.29) is 5.92 Å². The van der Waals surface area contributed by atoms with E-state index in [2.05, 4.69) is 23.2 Å². The van der Waals surface area contributed by atoms with Crippen LogP contribution < -0.4 is 5.32 Å². The quantitative estimate of drug-likeness (QED) is 0.740. The average molecular weight is 207 g/mol. The highest BCUT2D eigenvalue weighted by Crippen LogP contribution is 2.37. The molecule has 2 fully saturated rings. The Morgan fingerprint density at radius 3 is 2.80 bits per heavy atom. The highest BCUT2D eigenvalue weighted by Gasteiger charge is 2.42. The van der Waals surface area contributed by atoms with Gasteiger partial charge in [-0.2, -0.15) is 5.26 Å². The third-order valence-electron chi connectivity index (χ3n) is 4.30. The Kier molecular flexibility index (Phi) is 2.99. The first-order valence-electron chi connectivity index (χ1n) is 6.01. The molecule has 15 heavy (non-hydrogen) atoms. The molecule has 1 N–H and O–H groups in total. The molecule has 0 bridgehead atoms. The number of nitriles is 1. The first-order valence-corrected chi connectivity index (χ1v) is 6.01. The predicted octanol–water partition coefficient (Wildman–Crippen LogP) is 1.22. The van der Waals surface area contributed by atoms with Gasteiger partial charge in [-0.05, 0) is 45.2 Å². The van der Waals surface area contributed by atoms with Gasteiger partial charge in [-0.15, -0.1) is 0 Å². The number of hydrogen-bond donors (Lipinski definition) is 1. The molecule has 0 amide bonds. The fourth-order valence-corrected chi connectivity index (χ4v) is 2.89. The first-order chi connectivity index (χ1) is 7.17. The van der Waals surface area contributed by atoms with E-state index in [1.54, 1.807) is 0 Å². The van der Waals surface area contributed by atoms with Crippen LogP contribution in [0.4, 0.5) is 0 Å². The van der Waals surface area contributed by atoms with Crippen molar-refractivity contribution >= 4 is 0 Å². The van der Waals surface area contributed by atoms with Crippen LogP contribution in [0.1, 0.15) is 26.7 Å². The van der Waals surface area contributed by atoms with Gasteiger partial charge in [0.25, 0.3) is 0 Å². The molecule has 84 valence electrons. The molecule has 0 aliphatic carbocycles. The molecule has 0 saturated carbocycles. The van der Waals surface area contributed by atoms with Crippen molar-refractivity contribution in [1.82, 2.24) is 10.2 Å². The van der Waals surface area contributed by atoms with Crippen LogP contribution in [0.2, 0.25) is 0 Å². The van der Waals surface area contributed by atoms with Crippen molar-refractivity contribution in [2.45, 2.75) is 32.7 Å². The second kappa shape index (κ2) is 4.11. The maximum absolute atomic E-state index is 8.93. The molecule has 2 aliphatic heterocycles. The minimum absolute atomic E-state index is 0.148. The monoisotopic (exact) mass is 207 g/mol. The minimum atomic E-state index is 0.148. The smallest absolute Gasteiger partial charge is 0.0669 e. The van der Waals surface area contributed by atoms with E-state index in [0.717, 1.165) is 0 Å². The van der Waals surface area contributed by atoms with Crippen molar-refractivity contribution in [3.8, 4) is 6.07 Å². The van der Waals surface area contributed by atoms with Crippen LogP contribution >= 0.6 is 0 Å². The summed E-state index contributed by atoms with van der Waals surface area (Å²) < 4.78 is 0. The summed E-state index contributed by atoms with van der Waals surface area (Å²) in [4.78, 5) is 2.50. The fraction of sp³-hybridized carbons (Fsp3) is 0.917. The molecule has 3 atom stereocenters. The highest BCUT2D eigenvalue weighted by atomic mass is 15.2. The zero-order valence-electron chi connectivity index (χ0n) is 9.79. The van der Waals surface area contributed by atoms with Gasteiger partial charge in [0.2, 0.25) is 0 Å². The molecule has 0 aromatic carbocycles. The topological polar surface area (TPSA) is 39.1 Å². The maximum atomic E-state index is 8.93. The predicted molar refractivity (Wildman–Crippen MR) is 60.3 cm³/mol. The van der Waals surface area contributed by atoms with E-state index >= 15 is 0 Å². The molecule has 3 nitrogen and oxygen atoms in total. The summed E-state index contributed by atoms with van der Waals surface area (Å²) in [6.45, 7) is 8.94. The number of nitrogens with one attached hydrogen (secondary N) is 1. The van der Waals surface area contributed by atoms with Crippen LogP contribution in [0.15, 0.2) is 0 Å². The summed E-state index contributed by atoms with van der Waals surface area (Å²) in [5.74, 6) is 0.148. The molecule has 2 rings (SSSR count). The van der Waals surface area contributed by atoms with Gasteiger partial charge in [0.15, 0.2) is 0 Å². The molecule has 3 heteroatoms. The summed E-state index contributed by atoms with van der Waals surface area (Å²) in [7, 11) is 0. The van der Waals surface area contributed by atoms with E-state index in [4.69, 9.17) is 5.26 Å². The fourth-order valence-electron chi connectivity index (χ4n) is 2.89. The van der Waals surface area contributed by atoms with Crippen LogP contribution in [0.25, 0.3) is 0 Å². The Hall–Kier alpha value is -0.590. The Morgan fingerprint density at radius 1 is 1.40 bits per heavy atom. The maximum Gasteiger partial charge on any atom is 0.0669 e. The Bertz CT molecular complexity index is 263. The van der Waals surface area contributed by atoms with Gasteiger partial charge >= 0.3 is 0 Å². The average Bonchev–Trinajstić information content (AvgIpc) is 2.88. The third-order valence-corrected chi connectivity index (χ3v) is 4.30. The SMILES string of the molecule is CC(C#N)[C@H](C)N1CCC2(CCNC2)C1. The number of likely N-dealkylation sites (tertiary alicyclic amines) is 1. The number of hydrogen-bond acceptors (Lipinski definition) is 3. The molecule has 0 radical (unpaired) electrons. The van der Waals surface area contributed by atoms with Crippen LogP contribution in [0.5, 0.6) is 0 Å². The van der Waals surface area contributed by atoms with Gasteiger partial charge in [0, 0.05) is 19.1 Å². The van der Waals surface area contributed by atoms with E-state index in [0.29, 0.717) is 11.5 Å². The van der Waals surface area contributed by atoms with Crippen molar-refractivity contribution in [3.63, 3.8) is 0 Å². The number of rotatable bonds is 2. The minimum Gasteiger partial charge on any atom is -0.316 e. The highest BCUT2D eigenvalue weighted by molar-refractivity contribution is 4.99. The summed E-state index contributed by atoms with van der Waals surface area (Å²) in [5, 5.41) is 12.4. The second-order valence-electron chi connectivity index (χ2n) is 5.31. The molecule has 2 aliphatic rings. The van der Waals surface area contributed by atoms with Crippen molar-refractivity contribution in [2.75, 3.05) is 26.2 Å². The normalized spacial score (nSPS) is 35.5. The second-order valence-corrected chi connectivity index (χ2v) is 5.31. The lowest BCUT2D eigenvalue weighted by atomic mass is 9.86. The van der Waals surface area contributed by atoms with Gasteiger partial charge in [-0.3, -0.25) is 4.90 Å². The molecule has 1 spiro atoms. The van der Waals surface area contributed by atoms with Crippen LogP contribution in [0, 0.1) is 22.7 Å². The van der Waals surface area contributed by atoms with Crippen LogP contribution in [0.3, 0.4) is 0 Å². The lowest BCUT2D eigenvalue weighted by Crippen LogP contribution is -2.37. The van der Waals surface area contributed by atoms with Gasteiger partial charge < -0.3 is 5.32 Å². The van der Waals surface area contributed by atoms with Crippen LogP contribution in [-0.4, -0.2) is 37.1 Å². The van der Waals surface area contributed by atoms with E-state index < -0.39 is 0 Å². The summed E-state index contributed by atoms with van der Waals surface area (Å²) >= 11 is 0. The molecule has 2 unspecified atom stereocenters. The largest absolute Gasteiger partial charge is 0.316 e. The lowest BCUT2D eigenvalue weighted by Gasteiger charge is -2.28. The van der Waals surface area contributed by atoms with Gasteiger partial charge in [0.05, 0.1) is 12.0 Å². The Labute approximate surface area is 92.4 Å². The van der Waals surface area contributed by atoms with Crippen molar-refractivity contribution in [3.05, 3.63) is 0 Å². The van der Waals surface area contributed by atoms with Crippen molar-refractivity contribution in [1.29, 1.82) is 5.26 Å². The van der Waals surface area contributed by atoms with Crippen molar-refractivity contribution in [2.24, 2.45) is 11.3 Å². The van der Waals surface area contributed by atoms with Gasteiger partial charge in [0.1, 0.15) is 0 Å². The third kappa shape index (κ3) is 2.02. The van der Waals surface area contributed by atoms with Crippen LogP contribution in [-0.2, 0) is 0 Å². The van der Waals surface area contributed by atoms with Gasteiger partial charge in [-0.1, -0.05) is 0 Å². The first kappa shape index (κ1) is 10.9. The van der Waals surface area contributed by atoms with E-state index in [9.17, 15) is 0 Å². The standard InChI is InChI=1S/C12H21N3/c1-10(7-13)11(2)15-6-4-12(9-15)3-5-14-8-12/h10-11,14H,3-6,8-9H2,1-2H3/t10?,11-,12?/m0/s1. The molecule has 2 saturated heterocycles. The zero-order chi connectivity index (χ0) is 10.9. The molecule has 2 heterocycles. The molecule has 0 aromatic rings. The van der Waals surface area contributed by atoms with E-state index in [1.807, 2.05) is 6.92 Å². The molecule has 0 aromatic heterocycles. The Balaban J connectivity index is 1.95. The summed E-state index contributed by atoms with van der Waals surface area (Å²) in [5.41, 5.74) is 0.531. The summed E-state index contributed by atoms with van der Waals surface area (Å²) in [6.07, 6.45) is 2.62. The molecular weight excluding hydrogens is 186 g/mol. The van der Waals surface area contributed by atoms with E-state index in [1.165, 1.54) is 39.0 Å². The van der Waals surface area contributed by atoms with Gasteiger partial charge in [-0.25, -0.2) is 0 Å².